The average molecular weight is 955 g/mol. The average Bonchev–Trinajstić information content (AvgIpc) is 4.04. The number of fused-ring (bicyclic) bond motifs is 1. The Hall–Kier alpha value is -7.95. The lowest BCUT2D eigenvalue weighted by Crippen LogP contribution is -2.53. The number of piperidine rings is 2. The maximum atomic E-state index is 15.1. The summed E-state index contributed by atoms with van der Waals surface area (Å²) in [5.74, 6) is -2.36. The molecule has 2 aromatic heterocycles. The van der Waals surface area contributed by atoms with Crippen LogP contribution in [-0.4, -0.2) is 112 Å². The molecule has 4 aromatic carbocycles. The van der Waals surface area contributed by atoms with Crippen LogP contribution in [0.2, 0.25) is 0 Å². The van der Waals surface area contributed by atoms with Crippen LogP contribution in [0, 0.1) is 5.92 Å². The normalized spacial score (nSPS) is 19.5. The van der Waals surface area contributed by atoms with E-state index in [4.69, 9.17) is 4.42 Å². The third-order valence-electron chi connectivity index (χ3n) is 14.1. The minimum Gasteiger partial charge on any atom is -0.459 e. The van der Waals surface area contributed by atoms with Gasteiger partial charge in [-0.2, -0.15) is 0 Å². The van der Waals surface area contributed by atoms with Gasteiger partial charge in [-0.05, 0) is 84.3 Å². The highest BCUT2D eigenvalue weighted by Gasteiger charge is 2.45. The van der Waals surface area contributed by atoms with E-state index in [1.807, 2.05) is 83.8 Å². The molecule has 4 aliphatic rings. The van der Waals surface area contributed by atoms with Crippen LogP contribution < -0.4 is 20.4 Å². The first-order valence-corrected chi connectivity index (χ1v) is 24.1. The zero-order chi connectivity index (χ0) is 49.0. The Balaban J connectivity index is 0.802. The molecule has 0 radical (unpaired) electrons. The first-order valence-electron chi connectivity index (χ1n) is 24.1. The minimum absolute atomic E-state index is 0.0409. The molecule has 0 bridgehead atoms. The highest BCUT2D eigenvalue weighted by Crippen LogP contribution is 2.38. The second-order valence-corrected chi connectivity index (χ2v) is 18.5. The van der Waals surface area contributed by atoms with Crippen molar-refractivity contribution in [3.63, 3.8) is 0 Å². The van der Waals surface area contributed by atoms with Gasteiger partial charge >= 0.3 is 0 Å². The fourth-order valence-electron chi connectivity index (χ4n) is 10.3. The van der Waals surface area contributed by atoms with E-state index in [0.29, 0.717) is 46.9 Å². The van der Waals surface area contributed by atoms with Gasteiger partial charge in [0.1, 0.15) is 18.1 Å². The number of nitrogens with zero attached hydrogens (tertiary/aromatic N) is 6. The molecule has 10 rings (SSSR count). The molecule has 2 unspecified atom stereocenters. The summed E-state index contributed by atoms with van der Waals surface area (Å²) in [4.78, 5) is 95.6. The molecule has 3 fully saturated rings. The summed E-state index contributed by atoms with van der Waals surface area (Å²) in [6.45, 7) is 4.94. The van der Waals surface area contributed by atoms with Gasteiger partial charge in [-0.3, -0.25) is 53.8 Å². The van der Waals surface area contributed by atoms with E-state index >= 15 is 4.79 Å². The number of rotatable bonds is 13. The smallest absolute Gasteiger partial charge is 0.294 e. The molecule has 6 heterocycles. The maximum Gasteiger partial charge on any atom is 0.294 e. The molecule has 3 saturated heterocycles. The van der Waals surface area contributed by atoms with Gasteiger partial charge in [0.25, 0.3) is 11.8 Å². The summed E-state index contributed by atoms with van der Waals surface area (Å²) < 4.78 is 5.61. The van der Waals surface area contributed by atoms with E-state index < -0.39 is 48.0 Å². The van der Waals surface area contributed by atoms with Crippen LogP contribution in [0.1, 0.15) is 81.6 Å². The molecule has 6 amide bonds. The maximum absolute atomic E-state index is 15.1. The van der Waals surface area contributed by atoms with E-state index in [1.165, 1.54) is 16.1 Å². The number of piperazine rings is 1. The Morgan fingerprint density at radius 3 is 2.15 bits per heavy atom. The number of aliphatic hydroxyl groups is 1. The Bertz CT molecular complexity index is 2890. The summed E-state index contributed by atoms with van der Waals surface area (Å²) in [5.41, 5.74) is 5.10. The Morgan fingerprint density at radius 2 is 1.48 bits per heavy atom. The number of amides is 6. The number of aliphatic hydroxyl groups excluding tert-OH is 1. The number of carbonyl (C=O) groups excluding carboxylic acids is 6. The lowest BCUT2D eigenvalue weighted by atomic mass is 9.94. The monoisotopic (exact) mass is 954 g/mol. The third kappa shape index (κ3) is 9.81. The molecule has 4 aliphatic heterocycles. The van der Waals surface area contributed by atoms with Gasteiger partial charge in [-0.25, -0.2) is 0 Å². The fourth-order valence-corrected chi connectivity index (χ4v) is 10.3. The van der Waals surface area contributed by atoms with Gasteiger partial charge in [0.05, 0.1) is 6.26 Å². The number of furan rings is 1. The molecule has 6 aromatic rings. The second kappa shape index (κ2) is 20.6. The van der Waals surface area contributed by atoms with E-state index in [1.54, 1.807) is 60.9 Å². The van der Waals surface area contributed by atoms with E-state index in [2.05, 4.69) is 25.4 Å². The summed E-state index contributed by atoms with van der Waals surface area (Å²) in [6.07, 6.45) is 5.12. The zero-order valence-corrected chi connectivity index (χ0v) is 39.0. The molecule has 362 valence electrons. The number of aromatic nitrogens is 1. The molecular weight excluding hydrogens is 901 g/mol. The van der Waals surface area contributed by atoms with Crippen LogP contribution in [0.3, 0.4) is 0 Å². The highest BCUT2D eigenvalue weighted by molar-refractivity contribution is 6.09. The van der Waals surface area contributed by atoms with Crippen LogP contribution in [0.25, 0.3) is 11.1 Å². The van der Waals surface area contributed by atoms with E-state index in [9.17, 15) is 29.1 Å². The third-order valence-corrected chi connectivity index (χ3v) is 14.1. The number of carbonyl (C=O) groups is 6. The predicted octanol–water partition coefficient (Wildman–Crippen LogP) is 5.90. The van der Waals surface area contributed by atoms with E-state index in [0.717, 1.165) is 62.4 Å². The van der Waals surface area contributed by atoms with Crippen molar-refractivity contribution in [3.8, 4) is 11.1 Å². The number of nitrogens with one attached hydrogen (secondary N) is 2. The van der Waals surface area contributed by atoms with Crippen LogP contribution in [0.5, 0.6) is 0 Å². The molecule has 71 heavy (non-hydrogen) atoms. The van der Waals surface area contributed by atoms with Crippen molar-refractivity contribution in [2.24, 2.45) is 5.92 Å². The predicted molar refractivity (Wildman–Crippen MR) is 263 cm³/mol. The number of likely N-dealkylation sites (tertiary alicyclic amines) is 1. The number of benzene rings is 4. The molecule has 4 atom stereocenters. The van der Waals surface area contributed by atoms with Crippen molar-refractivity contribution < 1.29 is 38.3 Å². The SMILES string of the molecule is O=C1CCC(N2C(=O)c3cc(N4CCN(CC5CCN(C(=O)[C@H](NC(=O)[C@@H](c6cccnc6)N(C(=O)c6ccco6)c6ccc(-c7ccccc7)cc6)c6ccccc6)CC5)CC4)ccc3C2O)C(=O)N1. The summed E-state index contributed by atoms with van der Waals surface area (Å²) in [6, 6.07) is 35.3. The number of anilines is 2. The van der Waals surface area contributed by atoms with Gasteiger partial charge in [0, 0.05) is 92.7 Å². The Labute approximate surface area is 410 Å². The molecule has 0 saturated carbocycles. The quantitative estimate of drug-likeness (QED) is 0.117. The largest absolute Gasteiger partial charge is 0.459 e. The molecule has 16 heteroatoms. The topological polar surface area (TPSA) is 189 Å². The first-order chi connectivity index (χ1) is 34.6. The van der Waals surface area contributed by atoms with Crippen molar-refractivity contribution in [1.29, 1.82) is 0 Å². The van der Waals surface area contributed by atoms with Crippen molar-refractivity contribution in [2.75, 3.05) is 55.6 Å². The van der Waals surface area contributed by atoms with Gasteiger partial charge in [0.15, 0.2) is 12.0 Å². The van der Waals surface area contributed by atoms with Gasteiger partial charge in [-0.15, -0.1) is 0 Å². The van der Waals surface area contributed by atoms with Crippen molar-refractivity contribution in [1.82, 2.24) is 30.3 Å². The number of hydrogen-bond acceptors (Lipinski definition) is 11. The standard InChI is InChI=1S/C55H54N8O8/c64-47-22-21-45(50(65)57-47)63-52(67)43-20-19-42(33-44(43)53(63)68)60-30-28-59(29-31-60)35-36-23-26-61(27-24-36)55(70)48(39-11-5-2-6-12-39)58-51(66)49(40-13-7-25-56-34-40)62(54(69)46-14-8-32-71-46)41-17-15-38(16-18-41)37-9-3-1-4-10-37/h1-20,25,32-34,36,45,48-49,52,67H,21-24,26-31,35H2,(H,58,66)(H,57,64,65)/t45?,48-,49-,52?/m1/s1. The number of imide groups is 1. The van der Waals surface area contributed by atoms with Crippen LogP contribution >= 0.6 is 0 Å². The van der Waals surface area contributed by atoms with Gasteiger partial charge < -0.3 is 24.6 Å². The van der Waals surface area contributed by atoms with Gasteiger partial charge in [0.2, 0.25) is 23.6 Å². The molecule has 3 N–H and O–H groups in total. The van der Waals surface area contributed by atoms with Crippen molar-refractivity contribution in [2.45, 2.75) is 50.0 Å². The lowest BCUT2D eigenvalue weighted by Gasteiger charge is -2.40. The second-order valence-electron chi connectivity index (χ2n) is 18.5. The van der Waals surface area contributed by atoms with Crippen LogP contribution in [0.15, 0.2) is 150 Å². The van der Waals surface area contributed by atoms with Crippen LogP contribution in [0.4, 0.5) is 11.4 Å². The molecule has 16 nitrogen and oxygen atoms in total. The minimum atomic E-state index is -1.27. The molecule has 0 aliphatic carbocycles. The summed E-state index contributed by atoms with van der Waals surface area (Å²) >= 11 is 0. The fraction of sp³-hybridized carbons (Fsp3) is 0.291. The number of pyridine rings is 1. The lowest BCUT2D eigenvalue weighted by molar-refractivity contribution is -0.139. The molecular formula is C55H54N8O8. The Kier molecular flexibility index (Phi) is 13.5. The Morgan fingerprint density at radius 1 is 0.775 bits per heavy atom. The molecule has 0 spiro atoms. The number of hydrogen-bond donors (Lipinski definition) is 3. The van der Waals surface area contributed by atoms with Crippen molar-refractivity contribution in [3.05, 3.63) is 174 Å². The summed E-state index contributed by atoms with van der Waals surface area (Å²) in [5, 5.41) is 16.4. The van der Waals surface area contributed by atoms with Crippen LogP contribution in [-0.2, 0) is 19.2 Å². The highest BCUT2D eigenvalue weighted by atomic mass is 16.3. The first kappa shape index (κ1) is 46.8. The van der Waals surface area contributed by atoms with Crippen molar-refractivity contribution >= 4 is 46.8 Å². The van der Waals surface area contributed by atoms with E-state index in [-0.39, 0.29) is 30.4 Å². The zero-order valence-electron chi connectivity index (χ0n) is 39.0. The summed E-state index contributed by atoms with van der Waals surface area (Å²) in [7, 11) is 0. The van der Waals surface area contributed by atoms with Gasteiger partial charge in [-0.1, -0.05) is 84.9 Å².